The summed E-state index contributed by atoms with van der Waals surface area (Å²) < 4.78 is 4.12. The molecule has 0 unspecified atom stereocenters. The molecule has 66 valence electrons. The largest absolute Gasteiger partial charge is 0.387 e. The molecule has 0 aromatic heterocycles. The van der Waals surface area contributed by atoms with E-state index in [9.17, 15) is 19.2 Å². The van der Waals surface area contributed by atoms with E-state index in [4.69, 9.17) is 0 Å². The molecule has 5 nitrogen and oxygen atoms in total. The third-order valence-corrected chi connectivity index (χ3v) is 2.03. The first kappa shape index (κ1) is 7.85. The molecular weight excluding hydrogens is 176 g/mol. The van der Waals surface area contributed by atoms with Gasteiger partial charge in [0.2, 0.25) is 0 Å². The van der Waals surface area contributed by atoms with Gasteiger partial charge in [0.1, 0.15) is 0 Å². The van der Waals surface area contributed by atoms with Crippen molar-refractivity contribution in [1.29, 1.82) is 0 Å². The van der Waals surface area contributed by atoms with E-state index in [-0.39, 0.29) is 24.0 Å². The molecule has 0 aromatic carbocycles. The van der Waals surface area contributed by atoms with Crippen molar-refractivity contribution in [2.24, 2.45) is 0 Å². The second kappa shape index (κ2) is 2.35. The van der Waals surface area contributed by atoms with Gasteiger partial charge in [-0.15, -0.1) is 0 Å². The lowest BCUT2D eigenvalue weighted by Crippen LogP contribution is -2.31. The predicted molar refractivity (Wildman–Crippen MR) is 37.4 cm³/mol. The zero-order chi connectivity index (χ0) is 9.59. The number of esters is 2. The molecule has 0 fully saturated rings. The zero-order valence-corrected chi connectivity index (χ0v) is 6.46. The van der Waals surface area contributed by atoms with Crippen molar-refractivity contribution in [3.05, 3.63) is 11.1 Å². The minimum Gasteiger partial charge on any atom is -0.383 e. The summed E-state index contributed by atoms with van der Waals surface area (Å²) in [4.78, 5) is 43.8. The zero-order valence-electron chi connectivity index (χ0n) is 6.46. The van der Waals surface area contributed by atoms with Crippen LogP contribution in [0.4, 0.5) is 0 Å². The number of cyclic esters (lactones) is 2. The molecular formula is C8H4O5. The van der Waals surface area contributed by atoms with Gasteiger partial charge >= 0.3 is 11.9 Å². The van der Waals surface area contributed by atoms with E-state index in [1.54, 1.807) is 0 Å². The predicted octanol–water partition coefficient (Wildman–Crippen LogP) is -0.702. The van der Waals surface area contributed by atoms with Gasteiger partial charge in [-0.25, -0.2) is 9.59 Å². The van der Waals surface area contributed by atoms with Crippen LogP contribution in [-0.2, 0) is 23.9 Å². The molecule has 5 heteroatoms. The standard InChI is InChI=1S/C8H4O5/c9-4-2-1-3-5(4)6(10)8(12)13-7(3)11/h1-2H2. The van der Waals surface area contributed by atoms with E-state index in [0.717, 1.165) is 0 Å². The fraction of sp³-hybridized carbons (Fsp3) is 0.250. The molecule has 0 saturated carbocycles. The highest BCUT2D eigenvalue weighted by molar-refractivity contribution is 6.52. The quantitative estimate of drug-likeness (QED) is 0.213. The van der Waals surface area contributed by atoms with Crippen LogP contribution >= 0.6 is 0 Å². The third kappa shape index (κ3) is 0.932. The lowest BCUT2D eigenvalue weighted by molar-refractivity contribution is -0.162. The highest BCUT2D eigenvalue weighted by atomic mass is 16.6. The molecule has 0 spiro atoms. The fourth-order valence-electron chi connectivity index (χ4n) is 1.42. The normalized spacial score (nSPS) is 22.2. The highest BCUT2D eigenvalue weighted by Gasteiger charge is 2.42. The summed E-state index contributed by atoms with van der Waals surface area (Å²) in [5.74, 6) is -3.54. The van der Waals surface area contributed by atoms with Crippen molar-refractivity contribution in [1.82, 2.24) is 0 Å². The van der Waals surface area contributed by atoms with Crippen LogP contribution < -0.4 is 0 Å². The highest BCUT2D eigenvalue weighted by Crippen LogP contribution is 2.28. The van der Waals surface area contributed by atoms with Gasteiger partial charge in [0, 0.05) is 6.42 Å². The monoisotopic (exact) mass is 180 g/mol. The van der Waals surface area contributed by atoms with E-state index in [1.807, 2.05) is 0 Å². The molecule has 2 aliphatic rings. The molecule has 1 heterocycles. The fourth-order valence-corrected chi connectivity index (χ4v) is 1.42. The van der Waals surface area contributed by atoms with Gasteiger partial charge in [0.15, 0.2) is 5.78 Å². The number of ether oxygens (including phenoxy) is 1. The van der Waals surface area contributed by atoms with E-state index >= 15 is 0 Å². The first-order valence-corrected chi connectivity index (χ1v) is 3.68. The van der Waals surface area contributed by atoms with Crippen LogP contribution in [0.15, 0.2) is 11.1 Å². The summed E-state index contributed by atoms with van der Waals surface area (Å²) in [7, 11) is 0. The Morgan fingerprint density at radius 1 is 0.923 bits per heavy atom. The molecule has 1 aliphatic heterocycles. The first-order chi connectivity index (χ1) is 6.11. The van der Waals surface area contributed by atoms with Gasteiger partial charge in [0.25, 0.3) is 5.78 Å². The summed E-state index contributed by atoms with van der Waals surface area (Å²) >= 11 is 0. The third-order valence-electron chi connectivity index (χ3n) is 2.03. The molecule has 13 heavy (non-hydrogen) atoms. The van der Waals surface area contributed by atoms with Crippen LogP contribution in [0.1, 0.15) is 12.8 Å². The van der Waals surface area contributed by atoms with E-state index in [0.29, 0.717) is 0 Å². The Morgan fingerprint density at radius 3 is 2.31 bits per heavy atom. The van der Waals surface area contributed by atoms with Crippen molar-refractivity contribution in [3.63, 3.8) is 0 Å². The minimum absolute atomic E-state index is 0.0506. The van der Waals surface area contributed by atoms with Crippen molar-refractivity contribution < 1.29 is 23.9 Å². The molecule has 0 aromatic rings. The first-order valence-electron chi connectivity index (χ1n) is 3.68. The van der Waals surface area contributed by atoms with Gasteiger partial charge in [0.05, 0.1) is 11.1 Å². The average molecular weight is 180 g/mol. The molecule has 0 amide bonds. The van der Waals surface area contributed by atoms with Crippen LogP contribution in [0, 0.1) is 0 Å². The maximum atomic E-state index is 11.1. The van der Waals surface area contributed by atoms with Gasteiger partial charge in [-0.3, -0.25) is 9.59 Å². The van der Waals surface area contributed by atoms with Crippen LogP contribution in [0.25, 0.3) is 0 Å². The number of carbonyl (C=O) groups excluding carboxylic acids is 4. The van der Waals surface area contributed by atoms with E-state index < -0.39 is 23.5 Å². The molecule has 1 aliphatic carbocycles. The Kier molecular flexibility index (Phi) is 1.42. The van der Waals surface area contributed by atoms with Gasteiger partial charge in [-0.2, -0.15) is 0 Å². The summed E-state index contributed by atoms with van der Waals surface area (Å²) in [6.45, 7) is 0. The van der Waals surface area contributed by atoms with E-state index in [1.165, 1.54) is 0 Å². The van der Waals surface area contributed by atoms with Crippen molar-refractivity contribution in [2.45, 2.75) is 12.8 Å². The molecule has 2 rings (SSSR count). The summed E-state index contributed by atoms with van der Waals surface area (Å²) in [5, 5.41) is 0. The second-order valence-electron chi connectivity index (χ2n) is 2.78. The van der Waals surface area contributed by atoms with Crippen molar-refractivity contribution in [2.75, 3.05) is 0 Å². The number of hydrogen-bond acceptors (Lipinski definition) is 5. The summed E-state index contributed by atoms with van der Waals surface area (Å²) in [5.41, 5.74) is -0.212. The van der Waals surface area contributed by atoms with Crippen LogP contribution in [0.5, 0.6) is 0 Å². The van der Waals surface area contributed by atoms with E-state index in [2.05, 4.69) is 4.74 Å². The van der Waals surface area contributed by atoms with Crippen LogP contribution in [-0.4, -0.2) is 23.5 Å². The molecule has 0 radical (unpaired) electrons. The summed E-state index contributed by atoms with van der Waals surface area (Å²) in [6, 6.07) is 0. The Labute approximate surface area is 72.4 Å². The Hall–Kier alpha value is -1.78. The number of hydrogen-bond donors (Lipinski definition) is 0. The van der Waals surface area contributed by atoms with Crippen molar-refractivity contribution in [3.8, 4) is 0 Å². The second-order valence-corrected chi connectivity index (χ2v) is 2.78. The molecule has 0 N–H and O–H groups in total. The lowest BCUT2D eigenvalue weighted by atomic mass is 10.0. The number of ketones is 2. The van der Waals surface area contributed by atoms with Crippen molar-refractivity contribution >= 4 is 23.5 Å². The Balaban J connectivity index is 2.58. The van der Waals surface area contributed by atoms with Gasteiger partial charge in [-0.1, -0.05) is 0 Å². The smallest absolute Gasteiger partial charge is 0.383 e. The molecule has 0 bridgehead atoms. The Bertz CT molecular complexity index is 387. The van der Waals surface area contributed by atoms with Crippen LogP contribution in [0.3, 0.4) is 0 Å². The van der Waals surface area contributed by atoms with Gasteiger partial charge < -0.3 is 4.74 Å². The minimum atomic E-state index is -1.25. The average Bonchev–Trinajstić information content (AvgIpc) is 2.44. The maximum absolute atomic E-state index is 11.1. The molecule has 0 atom stereocenters. The number of Topliss-reactive ketones (excluding diaryl/α,β-unsaturated/α-hetero) is 2. The van der Waals surface area contributed by atoms with Gasteiger partial charge in [-0.05, 0) is 6.42 Å². The number of rotatable bonds is 0. The Morgan fingerprint density at radius 2 is 1.62 bits per heavy atom. The van der Waals surface area contributed by atoms with Crippen LogP contribution in [0.2, 0.25) is 0 Å². The molecule has 0 saturated heterocycles. The topological polar surface area (TPSA) is 77.5 Å². The summed E-state index contributed by atoms with van der Waals surface area (Å²) in [6.07, 6.45) is 0.310. The maximum Gasteiger partial charge on any atom is 0.387 e. The number of carbonyl (C=O) groups is 4. The SMILES string of the molecule is O=C1CCC2=C1C(=O)C(=O)OC2=O. The lowest BCUT2D eigenvalue weighted by Gasteiger charge is -2.09.